The lowest BCUT2D eigenvalue weighted by Gasteiger charge is -2.41. The normalized spacial score (nSPS) is 19.5. The van der Waals surface area contributed by atoms with Gasteiger partial charge in [0.1, 0.15) is 30.5 Å². The van der Waals surface area contributed by atoms with E-state index in [9.17, 15) is 33.1 Å². The molecule has 0 aromatic carbocycles. The lowest BCUT2D eigenvalue weighted by Crippen LogP contribution is -2.60. The van der Waals surface area contributed by atoms with Crippen molar-refractivity contribution in [2.75, 3.05) is 26.4 Å². The zero-order valence-electron chi connectivity index (χ0n) is 44.1. The Morgan fingerprint density at radius 2 is 0.986 bits per heavy atom. The molecule has 1 aliphatic rings. The first-order valence-electron chi connectivity index (χ1n) is 28.0. The molecular formula is C57H102O12S. The first kappa shape index (κ1) is 65.8. The highest BCUT2D eigenvalue weighted by Crippen LogP contribution is 2.26. The number of hydrogen-bond donors (Lipinski definition) is 4. The van der Waals surface area contributed by atoms with E-state index in [2.05, 4.69) is 78.8 Å². The number of aliphatic hydroxyl groups excluding tert-OH is 3. The lowest BCUT2D eigenvalue weighted by molar-refractivity contribution is -0.301. The number of hydrogen-bond acceptors (Lipinski definition) is 11. The first-order chi connectivity index (χ1) is 34.1. The zero-order valence-corrected chi connectivity index (χ0v) is 44.9. The van der Waals surface area contributed by atoms with Crippen molar-refractivity contribution in [3.8, 4) is 0 Å². The Kier molecular flexibility index (Phi) is 44.9. The van der Waals surface area contributed by atoms with Gasteiger partial charge in [0.2, 0.25) is 0 Å². The first-order valence-corrected chi connectivity index (χ1v) is 29.4. The highest BCUT2D eigenvalue weighted by atomic mass is 32.3. The average Bonchev–Trinajstić information content (AvgIpc) is 3.34. The van der Waals surface area contributed by atoms with Crippen LogP contribution in [-0.2, 0) is 38.3 Å². The van der Waals surface area contributed by atoms with Crippen LogP contribution in [0.3, 0.4) is 0 Å². The zero-order chi connectivity index (χ0) is 51.0. The number of unbranched alkanes of at least 4 members (excludes halogenated alkanes) is 26. The molecule has 0 spiro atoms. The van der Waals surface area contributed by atoms with Gasteiger partial charge < -0.3 is 34.3 Å². The summed E-state index contributed by atoms with van der Waals surface area (Å²) < 4.78 is 59.3. The van der Waals surface area contributed by atoms with E-state index in [1.165, 1.54) is 135 Å². The molecule has 70 heavy (non-hydrogen) atoms. The van der Waals surface area contributed by atoms with E-state index < -0.39 is 59.8 Å². The minimum Gasteiger partial charge on any atom is -0.457 e. The quantitative estimate of drug-likeness (QED) is 0.0196. The molecule has 1 rings (SSSR count). The number of esters is 1. The number of aliphatic hydroxyl groups is 3. The topological polar surface area (TPSA) is 178 Å². The summed E-state index contributed by atoms with van der Waals surface area (Å²) in [7, 11) is -5.07. The predicted molar refractivity (Wildman–Crippen MR) is 285 cm³/mol. The molecule has 0 bridgehead atoms. The molecule has 6 atom stereocenters. The van der Waals surface area contributed by atoms with Gasteiger partial charge in [-0.15, -0.1) is 0 Å². The summed E-state index contributed by atoms with van der Waals surface area (Å²) in [5.74, 6) is -0.421. The largest absolute Gasteiger partial charge is 0.457 e. The molecule has 408 valence electrons. The molecule has 0 aromatic heterocycles. The van der Waals surface area contributed by atoms with Crippen molar-refractivity contribution in [2.24, 2.45) is 0 Å². The molecule has 1 fully saturated rings. The Hall–Kier alpha value is -2.20. The van der Waals surface area contributed by atoms with E-state index in [1.54, 1.807) is 0 Å². The predicted octanol–water partition coefficient (Wildman–Crippen LogP) is 13.6. The van der Waals surface area contributed by atoms with Crippen LogP contribution in [0.4, 0.5) is 0 Å². The molecule has 0 aromatic rings. The van der Waals surface area contributed by atoms with Crippen LogP contribution in [0.1, 0.15) is 232 Å². The third kappa shape index (κ3) is 40.3. The Morgan fingerprint density at radius 3 is 1.46 bits per heavy atom. The Balaban J connectivity index is 2.30. The van der Waals surface area contributed by atoms with Crippen LogP contribution in [0.2, 0.25) is 0 Å². The van der Waals surface area contributed by atoms with Gasteiger partial charge in [0.05, 0.1) is 19.8 Å². The molecule has 0 radical (unpaired) electrons. The maximum absolute atomic E-state index is 12.9. The van der Waals surface area contributed by atoms with Gasteiger partial charge >= 0.3 is 16.4 Å². The van der Waals surface area contributed by atoms with E-state index in [0.29, 0.717) is 13.0 Å². The summed E-state index contributed by atoms with van der Waals surface area (Å²) in [5.41, 5.74) is 0. The molecule has 6 unspecified atom stereocenters. The van der Waals surface area contributed by atoms with Gasteiger partial charge in [-0.25, -0.2) is 4.18 Å². The van der Waals surface area contributed by atoms with Crippen LogP contribution in [0.15, 0.2) is 60.8 Å². The lowest BCUT2D eigenvalue weighted by atomic mass is 9.99. The molecule has 0 aliphatic carbocycles. The van der Waals surface area contributed by atoms with Gasteiger partial charge in [-0.2, -0.15) is 8.42 Å². The van der Waals surface area contributed by atoms with E-state index in [1.807, 2.05) is 0 Å². The van der Waals surface area contributed by atoms with Crippen molar-refractivity contribution in [3.63, 3.8) is 0 Å². The monoisotopic (exact) mass is 1010 g/mol. The van der Waals surface area contributed by atoms with Crippen molar-refractivity contribution in [1.29, 1.82) is 0 Å². The minimum atomic E-state index is -5.07. The van der Waals surface area contributed by atoms with Crippen molar-refractivity contribution in [2.45, 2.75) is 269 Å². The summed E-state index contributed by atoms with van der Waals surface area (Å²) in [5, 5.41) is 30.8. The molecule has 1 aliphatic heterocycles. The van der Waals surface area contributed by atoms with Crippen LogP contribution in [0, 0.1) is 0 Å². The van der Waals surface area contributed by atoms with Gasteiger partial charge in [-0.05, 0) is 77.0 Å². The van der Waals surface area contributed by atoms with Gasteiger partial charge in [0.25, 0.3) is 0 Å². The fourth-order valence-corrected chi connectivity index (χ4v) is 8.93. The standard InChI is InChI=1S/C57H102O12S/c1-3-5-7-9-11-13-15-17-19-21-22-23-24-25-26-27-28-29-31-33-35-37-39-41-43-45-47-65-49-51(50-66-57-55(61)56(69-70(62,63)64)54(60)52(48-58)68-57)67-53(59)46-44-42-40-38-36-34-32-30-20-18-16-14-12-10-8-6-4-2/h6,8,12,14,18,20-22,32,34,51-52,54-58,60-61H,3-5,7,9-11,13,15-17,19,23-31,33,35-50H2,1-2H3,(H,62,63,64)/b8-6-,14-12-,20-18-,22-21-,34-32-. The summed E-state index contributed by atoms with van der Waals surface area (Å²) in [6.45, 7) is 3.87. The summed E-state index contributed by atoms with van der Waals surface area (Å²) in [6.07, 6.45) is 52.7. The smallest absolute Gasteiger partial charge is 0.397 e. The molecule has 1 heterocycles. The third-order valence-electron chi connectivity index (χ3n) is 12.6. The van der Waals surface area contributed by atoms with Crippen LogP contribution in [0.5, 0.6) is 0 Å². The number of ether oxygens (including phenoxy) is 4. The SMILES string of the molecule is CC/C=C\C/C=C\C/C=C\C/C=C\CCCCCCC(=O)OC(COCCCCCCCCCCCCCCCC/C=C\CCCCCCCCCC)COC1OC(CO)C(O)C(OS(=O)(=O)O)C1O. The van der Waals surface area contributed by atoms with Crippen LogP contribution in [0.25, 0.3) is 0 Å². The molecule has 0 amide bonds. The Morgan fingerprint density at radius 1 is 0.557 bits per heavy atom. The second-order valence-corrected chi connectivity index (χ2v) is 20.2. The maximum Gasteiger partial charge on any atom is 0.397 e. The van der Waals surface area contributed by atoms with E-state index >= 15 is 0 Å². The van der Waals surface area contributed by atoms with Crippen molar-refractivity contribution in [3.05, 3.63) is 60.8 Å². The van der Waals surface area contributed by atoms with Gasteiger partial charge in [-0.1, -0.05) is 209 Å². The van der Waals surface area contributed by atoms with Crippen LogP contribution in [-0.4, -0.2) is 97.5 Å². The molecule has 1 saturated heterocycles. The number of carbonyl (C=O) groups excluding carboxylic acids is 1. The third-order valence-corrected chi connectivity index (χ3v) is 13.1. The summed E-state index contributed by atoms with van der Waals surface area (Å²) in [4.78, 5) is 12.9. The minimum absolute atomic E-state index is 0.0250. The molecule has 4 N–H and O–H groups in total. The Bertz CT molecular complexity index is 1450. The average molecular weight is 1010 g/mol. The van der Waals surface area contributed by atoms with Crippen LogP contribution >= 0.6 is 0 Å². The maximum atomic E-state index is 12.9. The van der Waals surface area contributed by atoms with E-state index in [4.69, 9.17) is 18.9 Å². The van der Waals surface area contributed by atoms with Crippen molar-refractivity contribution in [1.82, 2.24) is 0 Å². The highest BCUT2D eigenvalue weighted by molar-refractivity contribution is 7.80. The number of rotatable bonds is 49. The molecule has 12 nitrogen and oxygen atoms in total. The number of allylic oxidation sites excluding steroid dienone is 10. The fourth-order valence-electron chi connectivity index (χ4n) is 8.42. The van der Waals surface area contributed by atoms with E-state index in [0.717, 1.165) is 70.6 Å². The summed E-state index contributed by atoms with van der Waals surface area (Å²) in [6, 6.07) is 0. The van der Waals surface area contributed by atoms with Gasteiger partial charge in [0.15, 0.2) is 6.29 Å². The Labute approximate surface area is 427 Å². The summed E-state index contributed by atoms with van der Waals surface area (Å²) >= 11 is 0. The van der Waals surface area contributed by atoms with Gasteiger partial charge in [-0.3, -0.25) is 9.35 Å². The van der Waals surface area contributed by atoms with Crippen molar-refractivity contribution >= 4 is 16.4 Å². The number of carbonyl (C=O) groups is 1. The highest BCUT2D eigenvalue weighted by Gasteiger charge is 2.48. The van der Waals surface area contributed by atoms with Crippen molar-refractivity contribution < 1.29 is 56.2 Å². The second kappa shape index (κ2) is 47.8. The van der Waals surface area contributed by atoms with Gasteiger partial charge in [0, 0.05) is 13.0 Å². The van der Waals surface area contributed by atoms with E-state index in [-0.39, 0.29) is 19.6 Å². The molecular weight excluding hydrogens is 909 g/mol. The fraction of sp³-hybridized carbons (Fsp3) is 0.807. The van der Waals surface area contributed by atoms with Crippen LogP contribution < -0.4 is 0 Å². The molecule has 0 saturated carbocycles. The molecule has 13 heteroatoms. The second-order valence-electron chi connectivity index (χ2n) is 19.1.